The highest BCUT2D eigenvalue weighted by Crippen LogP contribution is 2.22. The number of carboxylic acids is 1. The van der Waals surface area contributed by atoms with Gasteiger partial charge in [0.25, 0.3) is 0 Å². The van der Waals surface area contributed by atoms with Gasteiger partial charge in [-0.15, -0.1) is 11.3 Å². The third-order valence-corrected chi connectivity index (χ3v) is 3.35. The van der Waals surface area contributed by atoms with Gasteiger partial charge in [0.15, 0.2) is 0 Å². The van der Waals surface area contributed by atoms with Crippen molar-refractivity contribution in [3.05, 3.63) is 22.4 Å². The van der Waals surface area contributed by atoms with E-state index in [1.165, 1.54) is 0 Å². The Labute approximate surface area is 94.1 Å². The lowest BCUT2D eigenvalue weighted by Crippen LogP contribution is -2.31. The van der Waals surface area contributed by atoms with Crippen molar-refractivity contribution in [3.63, 3.8) is 0 Å². The first-order valence-electron chi connectivity index (χ1n) is 5.14. The number of carbonyl (C=O) groups is 1. The van der Waals surface area contributed by atoms with Crippen LogP contribution in [0.25, 0.3) is 0 Å². The van der Waals surface area contributed by atoms with Gasteiger partial charge in [0.1, 0.15) is 0 Å². The van der Waals surface area contributed by atoms with Gasteiger partial charge in [-0.05, 0) is 24.8 Å². The van der Waals surface area contributed by atoms with Gasteiger partial charge in [-0.1, -0.05) is 13.0 Å². The summed E-state index contributed by atoms with van der Waals surface area (Å²) in [7, 11) is 0. The number of rotatable bonds is 6. The van der Waals surface area contributed by atoms with Crippen molar-refractivity contribution in [1.29, 1.82) is 0 Å². The normalized spacial score (nSPS) is 14.8. The average molecular weight is 227 g/mol. The molecule has 1 heterocycles. The predicted octanol–water partition coefficient (Wildman–Crippen LogP) is 2.65. The summed E-state index contributed by atoms with van der Waals surface area (Å²) in [5.74, 6) is -0.760. The highest BCUT2D eigenvalue weighted by molar-refractivity contribution is 7.10. The second-order valence-electron chi connectivity index (χ2n) is 3.64. The largest absolute Gasteiger partial charge is 0.481 e. The molecule has 15 heavy (non-hydrogen) atoms. The number of hydrogen-bond acceptors (Lipinski definition) is 3. The third-order valence-electron chi connectivity index (χ3n) is 2.36. The molecule has 0 radical (unpaired) electrons. The van der Waals surface area contributed by atoms with Crippen molar-refractivity contribution in [3.8, 4) is 0 Å². The molecule has 1 rings (SSSR count). The third kappa shape index (κ3) is 4.01. The Bertz CT molecular complexity index is 298. The number of hydrogen-bond donors (Lipinski definition) is 2. The van der Waals surface area contributed by atoms with Crippen LogP contribution in [0.4, 0.5) is 0 Å². The minimum atomic E-state index is -0.760. The van der Waals surface area contributed by atoms with Crippen LogP contribution in [0.3, 0.4) is 0 Å². The summed E-state index contributed by atoms with van der Waals surface area (Å²) in [6, 6.07) is 4.22. The van der Waals surface area contributed by atoms with Crippen LogP contribution >= 0.6 is 11.3 Å². The monoisotopic (exact) mass is 227 g/mol. The summed E-state index contributed by atoms with van der Waals surface area (Å²) < 4.78 is 0. The van der Waals surface area contributed by atoms with E-state index in [9.17, 15) is 4.79 Å². The summed E-state index contributed by atoms with van der Waals surface area (Å²) in [6.07, 6.45) is 1.15. The molecule has 0 bridgehead atoms. The summed E-state index contributed by atoms with van der Waals surface area (Å²) >= 11 is 1.60. The fraction of sp³-hybridized carbons (Fsp3) is 0.545. The fourth-order valence-electron chi connectivity index (χ4n) is 1.37. The van der Waals surface area contributed by atoms with Gasteiger partial charge >= 0.3 is 5.97 Å². The SMILES string of the molecule is CCC(C)NC(CC(=O)O)c1cccs1. The smallest absolute Gasteiger partial charge is 0.305 e. The zero-order valence-electron chi connectivity index (χ0n) is 9.06. The molecule has 0 aliphatic rings. The van der Waals surface area contributed by atoms with Crippen LogP contribution in [0.1, 0.15) is 37.6 Å². The number of thiophene rings is 1. The maximum Gasteiger partial charge on any atom is 0.305 e. The van der Waals surface area contributed by atoms with E-state index in [0.29, 0.717) is 6.04 Å². The molecule has 1 aromatic heterocycles. The van der Waals surface area contributed by atoms with Crippen molar-refractivity contribution >= 4 is 17.3 Å². The predicted molar refractivity (Wildman–Crippen MR) is 62.2 cm³/mol. The summed E-state index contributed by atoms with van der Waals surface area (Å²) in [5.41, 5.74) is 0. The molecule has 2 atom stereocenters. The van der Waals surface area contributed by atoms with Gasteiger partial charge < -0.3 is 10.4 Å². The van der Waals surface area contributed by atoms with Crippen LogP contribution in [0.5, 0.6) is 0 Å². The van der Waals surface area contributed by atoms with E-state index >= 15 is 0 Å². The molecule has 3 nitrogen and oxygen atoms in total. The Morgan fingerprint density at radius 1 is 1.67 bits per heavy atom. The lowest BCUT2D eigenvalue weighted by atomic mass is 10.1. The molecule has 0 fully saturated rings. The molecular formula is C11H17NO2S. The lowest BCUT2D eigenvalue weighted by Gasteiger charge is -2.20. The van der Waals surface area contributed by atoms with Crippen LogP contribution in [-0.4, -0.2) is 17.1 Å². The maximum absolute atomic E-state index is 10.7. The Hall–Kier alpha value is -0.870. The van der Waals surface area contributed by atoms with Crippen molar-refractivity contribution in [2.75, 3.05) is 0 Å². The number of nitrogens with one attached hydrogen (secondary N) is 1. The van der Waals surface area contributed by atoms with Gasteiger partial charge in [0, 0.05) is 10.9 Å². The van der Waals surface area contributed by atoms with Gasteiger partial charge in [-0.25, -0.2) is 0 Å². The van der Waals surface area contributed by atoms with Crippen LogP contribution in [-0.2, 0) is 4.79 Å². The molecule has 0 saturated heterocycles. The summed E-state index contributed by atoms with van der Waals surface area (Å²) in [6.45, 7) is 4.16. The molecule has 2 unspecified atom stereocenters. The highest BCUT2D eigenvalue weighted by Gasteiger charge is 2.17. The van der Waals surface area contributed by atoms with E-state index in [1.54, 1.807) is 11.3 Å². The second-order valence-corrected chi connectivity index (χ2v) is 4.62. The van der Waals surface area contributed by atoms with Crippen molar-refractivity contribution in [1.82, 2.24) is 5.32 Å². The Morgan fingerprint density at radius 3 is 2.87 bits per heavy atom. The van der Waals surface area contributed by atoms with Gasteiger partial charge in [0.05, 0.1) is 12.5 Å². The molecule has 0 amide bonds. The molecule has 84 valence electrons. The van der Waals surface area contributed by atoms with E-state index < -0.39 is 5.97 Å². The van der Waals surface area contributed by atoms with Crippen molar-refractivity contribution in [2.24, 2.45) is 0 Å². The molecule has 2 N–H and O–H groups in total. The molecule has 1 aromatic rings. The Morgan fingerprint density at radius 2 is 2.40 bits per heavy atom. The highest BCUT2D eigenvalue weighted by atomic mass is 32.1. The maximum atomic E-state index is 10.7. The van der Waals surface area contributed by atoms with Crippen LogP contribution in [0, 0.1) is 0 Å². The van der Waals surface area contributed by atoms with Crippen LogP contribution in [0.15, 0.2) is 17.5 Å². The van der Waals surface area contributed by atoms with Gasteiger partial charge in [0.2, 0.25) is 0 Å². The fourth-order valence-corrected chi connectivity index (χ4v) is 2.15. The van der Waals surface area contributed by atoms with Crippen molar-refractivity contribution < 1.29 is 9.90 Å². The first-order chi connectivity index (χ1) is 7.13. The molecule has 0 saturated carbocycles. The lowest BCUT2D eigenvalue weighted by molar-refractivity contribution is -0.137. The summed E-state index contributed by atoms with van der Waals surface area (Å²) in [4.78, 5) is 11.8. The van der Waals surface area contributed by atoms with Gasteiger partial charge in [-0.2, -0.15) is 0 Å². The zero-order valence-corrected chi connectivity index (χ0v) is 9.88. The van der Waals surface area contributed by atoms with E-state index in [-0.39, 0.29) is 12.5 Å². The number of carboxylic acid groups (broad SMARTS) is 1. The first-order valence-corrected chi connectivity index (χ1v) is 6.02. The van der Waals surface area contributed by atoms with E-state index in [0.717, 1.165) is 11.3 Å². The molecule has 4 heteroatoms. The molecule has 0 aliphatic carbocycles. The second kappa shape index (κ2) is 5.88. The van der Waals surface area contributed by atoms with Crippen LogP contribution in [0.2, 0.25) is 0 Å². The molecular weight excluding hydrogens is 210 g/mol. The van der Waals surface area contributed by atoms with Crippen molar-refractivity contribution in [2.45, 2.75) is 38.8 Å². The molecule has 0 aromatic carbocycles. The minimum Gasteiger partial charge on any atom is -0.481 e. The summed E-state index contributed by atoms with van der Waals surface area (Å²) in [5, 5.41) is 14.1. The minimum absolute atomic E-state index is 0.0579. The molecule has 0 spiro atoms. The van der Waals surface area contributed by atoms with E-state index in [1.807, 2.05) is 17.5 Å². The standard InChI is InChI=1S/C11H17NO2S/c1-3-8(2)12-9(7-11(13)14)10-5-4-6-15-10/h4-6,8-9,12H,3,7H2,1-2H3,(H,13,14). The van der Waals surface area contributed by atoms with Gasteiger partial charge in [-0.3, -0.25) is 4.79 Å². The van der Waals surface area contributed by atoms with Crippen LogP contribution < -0.4 is 5.32 Å². The first kappa shape index (κ1) is 12.2. The quantitative estimate of drug-likeness (QED) is 0.785. The van der Waals surface area contributed by atoms with E-state index in [2.05, 4.69) is 19.2 Å². The topological polar surface area (TPSA) is 49.3 Å². The molecule has 0 aliphatic heterocycles. The number of aliphatic carboxylic acids is 1. The van der Waals surface area contributed by atoms with E-state index in [4.69, 9.17) is 5.11 Å². The average Bonchev–Trinajstić information content (AvgIpc) is 2.68. The zero-order chi connectivity index (χ0) is 11.3. The Kier molecular flexibility index (Phi) is 4.78. The Balaban J connectivity index is 2.65.